The van der Waals surface area contributed by atoms with E-state index < -0.39 is 43.9 Å². The predicted octanol–water partition coefficient (Wildman–Crippen LogP) is 1.22. The number of nitrogens with zero attached hydrogens (tertiary/aromatic N) is 1. The molecule has 2 saturated heterocycles. The number of hydrogen-bond acceptors (Lipinski definition) is 7. The fourth-order valence-corrected chi connectivity index (χ4v) is 6.18. The number of non-ortho nitro benzene ring substituents is 1. The Balaban J connectivity index is 1.67. The normalized spacial score (nSPS) is 35.6. The Morgan fingerprint density at radius 3 is 2.81 bits per heavy atom. The zero-order valence-corrected chi connectivity index (χ0v) is 15.4. The van der Waals surface area contributed by atoms with E-state index in [0.29, 0.717) is 12.0 Å². The van der Waals surface area contributed by atoms with Crippen LogP contribution < -0.4 is 4.72 Å². The van der Waals surface area contributed by atoms with E-state index in [0.717, 1.165) is 6.07 Å². The van der Waals surface area contributed by atoms with Crippen LogP contribution in [0.15, 0.2) is 30.4 Å². The molecule has 0 amide bonds. The van der Waals surface area contributed by atoms with Crippen molar-refractivity contribution in [1.29, 1.82) is 0 Å². The summed E-state index contributed by atoms with van der Waals surface area (Å²) in [5.74, 6) is -0.764. The Morgan fingerprint density at radius 1 is 1.41 bits per heavy atom. The van der Waals surface area contributed by atoms with Crippen LogP contribution in [0.5, 0.6) is 0 Å². The van der Waals surface area contributed by atoms with Gasteiger partial charge in [-0.15, -0.1) is 0 Å². The summed E-state index contributed by atoms with van der Waals surface area (Å²) in [5.41, 5.74) is -0.873. The molecule has 0 unspecified atom stereocenters. The molecule has 1 aromatic rings. The van der Waals surface area contributed by atoms with Crippen molar-refractivity contribution >= 4 is 21.7 Å². The average molecular weight is 394 g/mol. The molecule has 9 nitrogen and oxygen atoms in total. The number of carbonyl (C=O) groups is 1. The number of nitro groups is 1. The molecule has 27 heavy (non-hydrogen) atoms. The van der Waals surface area contributed by atoms with Crippen LogP contribution in [0.4, 0.5) is 5.69 Å². The SMILES string of the molecule is Cc1cc(C(=O)O[C@H]2[C@H](C)NS(=O)(=O)[C@H]3C[C@H]4C=C[C@]23O4)cc([N+](=O)[O-])c1. The Labute approximate surface area is 155 Å². The third-order valence-corrected chi connectivity index (χ3v) is 7.25. The first kappa shape index (κ1) is 18.1. The van der Waals surface area contributed by atoms with Crippen molar-refractivity contribution in [1.82, 2.24) is 4.72 Å². The summed E-state index contributed by atoms with van der Waals surface area (Å²) in [7, 11) is -3.61. The highest BCUT2D eigenvalue weighted by atomic mass is 32.2. The van der Waals surface area contributed by atoms with Gasteiger partial charge in [0.05, 0.1) is 22.6 Å². The van der Waals surface area contributed by atoms with Gasteiger partial charge >= 0.3 is 5.97 Å². The van der Waals surface area contributed by atoms with Crippen LogP contribution in [0, 0.1) is 17.0 Å². The van der Waals surface area contributed by atoms with Gasteiger partial charge in [-0.2, -0.15) is 0 Å². The van der Waals surface area contributed by atoms with E-state index in [4.69, 9.17) is 9.47 Å². The average Bonchev–Trinajstić information content (AvgIpc) is 3.17. The molecule has 3 aliphatic heterocycles. The first-order valence-electron chi connectivity index (χ1n) is 8.48. The zero-order valence-electron chi connectivity index (χ0n) is 14.6. The highest BCUT2D eigenvalue weighted by molar-refractivity contribution is 7.90. The molecule has 3 heterocycles. The number of ether oxygens (including phenoxy) is 2. The zero-order chi connectivity index (χ0) is 19.6. The van der Waals surface area contributed by atoms with E-state index in [2.05, 4.69) is 4.72 Å². The Kier molecular flexibility index (Phi) is 3.92. The van der Waals surface area contributed by atoms with Crippen LogP contribution >= 0.6 is 0 Å². The predicted molar refractivity (Wildman–Crippen MR) is 93.7 cm³/mol. The van der Waals surface area contributed by atoms with Gasteiger partial charge in [-0.25, -0.2) is 17.9 Å². The molecule has 1 spiro atoms. The summed E-state index contributed by atoms with van der Waals surface area (Å²) in [6.07, 6.45) is 2.52. The number of aryl methyl sites for hydroxylation is 1. The van der Waals surface area contributed by atoms with Crippen molar-refractivity contribution in [2.75, 3.05) is 0 Å². The molecular formula is C17H18N2O7S. The molecular weight excluding hydrogens is 376 g/mol. The number of esters is 1. The second kappa shape index (κ2) is 5.85. The largest absolute Gasteiger partial charge is 0.454 e. The van der Waals surface area contributed by atoms with Crippen molar-refractivity contribution in [3.63, 3.8) is 0 Å². The summed E-state index contributed by atoms with van der Waals surface area (Å²) in [6.45, 7) is 3.24. The van der Waals surface area contributed by atoms with Crippen LogP contribution in [0.2, 0.25) is 0 Å². The molecule has 2 fully saturated rings. The Morgan fingerprint density at radius 2 is 2.15 bits per heavy atom. The fraction of sp³-hybridized carbons (Fsp3) is 0.471. The molecule has 2 bridgehead atoms. The molecule has 4 rings (SSSR count). The lowest BCUT2D eigenvalue weighted by molar-refractivity contribution is -0.384. The number of fused-ring (bicyclic) bond motifs is 1. The minimum Gasteiger partial charge on any atom is -0.454 e. The number of benzene rings is 1. The maximum Gasteiger partial charge on any atom is 0.338 e. The molecule has 0 aromatic heterocycles. The van der Waals surface area contributed by atoms with E-state index in [-0.39, 0.29) is 17.4 Å². The van der Waals surface area contributed by atoms with E-state index >= 15 is 0 Å². The van der Waals surface area contributed by atoms with Crippen molar-refractivity contribution < 1.29 is 27.6 Å². The first-order chi connectivity index (χ1) is 12.6. The number of carbonyl (C=O) groups excluding carboxylic acids is 1. The molecule has 144 valence electrons. The molecule has 0 saturated carbocycles. The van der Waals surface area contributed by atoms with Gasteiger partial charge in [0.1, 0.15) is 10.9 Å². The number of rotatable bonds is 3. The van der Waals surface area contributed by atoms with Crippen molar-refractivity contribution in [3.05, 3.63) is 51.6 Å². The van der Waals surface area contributed by atoms with Crippen molar-refractivity contribution in [2.24, 2.45) is 0 Å². The van der Waals surface area contributed by atoms with Gasteiger partial charge in [0, 0.05) is 12.1 Å². The lowest BCUT2D eigenvalue weighted by Crippen LogP contribution is -2.67. The second-order valence-corrected chi connectivity index (χ2v) is 9.08. The van der Waals surface area contributed by atoms with Crippen molar-refractivity contribution in [3.8, 4) is 0 Å². The second-order valence-electron chi connectivity index (χ2n) is 7.19. The summed E-state index contributed by atoms with van der Waals surface area (Å²) in [5, 5.41) is 10.2. The molecule has 10 heteroatoms. The first-order valence-corrected chi connectivity index (χ1v) is 10.0. The molecule has 0 radical (unpaired) electrons. The Bertz CT molecular complexity index is 973. The van der Waals surface area contributed by atoms with E-state index in [1.54, 1.807) is 26.0 Å². The van der Waals surface area contributed by atoms with E-state index in [1.807, 2.05) is 0 Å². The highest BCUT2D eigenvalue weighted by Gasteiger charge is 2.65. The van der Waals surface area contributed by atoms with Gasteiger partial charge in [0.2, 0.25) is 10.0 Å². The molecule has 1 aromatic carbocycles. The standard InChI is InChI=1S/C17H18N2O7S/c1-9-5-11(7-12(6-9)19(21)22)16(20)25-15-10(2)18-27(23,24)14-8-13-3-4-17(14,15)26-13/h3-7,10,13-15,18H,8H2,1-2H3/t10-,13+,14-,15-,17+/m0/s1. The van der Waals surface area contributed by atoms with Gasteiger partial charge in [-0.05, 0) is 38.0 Å². The fourth-order valence-electron chi connectivity index (χ4n) is 4.18. The topological polar surface area (TPSA) is 125 Å². The third kappa shape index (κ3) is 2.75. The van der Waals surface area contributed by atoms with Crippen LogP contribution in [-0.2, 0) is 19.5 Å². The molecule has 0 aliphatic carbocycles. The smallest absolute Gasteiger partial charge is 0.338 e. The van der Waals surface area contributed by atoms with Gasteiger partial charge in [-0.1, -0.05) is 6.08 Å². The molecule has 1 N–H and O–H groups in total. The summed E-state index contributed by atoms with van der Waals surface area (Å²) >= 11 is 0. The van der Waals surface area contributed by atoms with Gasteiger partial charge < -0.3 is 9.47 Å². The monoisotopic (exact) mass is 394 g/mol. The number of nitro benzene ring substituents is 1. The Hall–Kier alpha value is -2.30. The van der Waals surface area contributed by atoms with Crippen molar-refractivity contribution in [2.45, 2.75) is 49.4 Å². The number of hydrogen-bond donors (Lipinski definition) is 1. The lowest BCUT2D eigenvalue weighted by atomic mass is 9.85. The summed E-state index contributed by atoms with van der Waals surface area (Å²) in [4.78, 5) is 23.2. The number of nitrogens with one attached hydrogen (secondary N) is 1. The molecule has 5 atom stereocenters. The third-order valence-electron chi connectivity index (χ3n) is 5.24. The van der Waals surface area contributed by atoms with Gasteiger partial charge in [0.25, 0.3) is 5.69 Å². The lowest BCUT2D eigenvalue weighted by Gasteiger charge is -2.44. The molecule has 3 aliphatic rings. The van der Waals surface area contributed by atoms with Gasteiger partial charge in [-0.3, -0.25) is 10.1 Å². The minimum absolute atomic E-state index is 0.0341. The van der Waals surface area contributed by atoms with Gasteiger partial charge in [0.15, 0.2) is 6.10 Å². The van der Waals surface area contributed by atoms with Crippen LogP contribution in [0.3, 0.4) is 0 Å². The van der Waals surface area contributed by atoms with Crippen LogP contribution in [0.1, 0.15) is 29.3 Å². The quantitative estimate of drug-likeness (QED) is 0.354. The summed E-state index contributed by atoms with van der Waals surface area (Å²) in [6, 6.07) is 3.28. The maximum atomic E-state index is 12.7. The number of sulfonamides is 1. The van der Waals surface area contributed by atoms with Crippen LogP contribution in [-0.4, -0.2) is 48.4 Å². The van der Waals surface area contributed by atoms with Crippen LogP contribution in [0.25, 0.3) is 0 Å². The highest BCUT2D eigenvalue weighted by Crippen LogP contribution is 2.48. The maximum absolute atomic E-state index is 12.7. The van der Waals surface area contributed by atoms with E-state index in [1.165, 1.54) is 12.1 Å². The minimum atomic E-state index is -3.61. The van der Waals surface area contributed by atoms with E-state index in [9.17, 15) is 23.3 Å². The summed E-state index contributed by atoms with van der Waals surface area (Å²) < 4.78 is 39.0.